The first-order chi connectivity index (χ1) is 5.50. The Balaban J connectivity index is 0.000000561. The van der Waals surface area contributed by atoms with E-state index in [1.807, 2.05) is 32.9 Å². The second kappa shape index (κ2) is 4.84. The van der Waals surface area contributed by atoms with Crippen LogP contribution in [0.15, 0.2) is 12.1 Å². The van der Waals surface area contributed by atoms with Crippen molar-refractivity contribution in [3.8, 4) is 0 Å². The number of rotatable bonds is 1. The summed E-state index contributed by atoms with van der Waals surface area (Å²) in [6.07, 6.45) is 0. The molecular weight excluding hydrogens is 187 g/mol. The molecule has 0 atom stereocenters. The van der Waals surface area contributed by atoms with E-state index in [9.17, 15) is 4.57 Å². The van der Waals surface area contributed by atoms with Crippen molar-refractivity contribution >= 4 is 23.1 Å². The van der Waals surface area contributed by atoms with Gasteiger partial charge >= 0.3 is 0 Å². The van der Waals surface area contributed by atoms with Crippen molar-refractivity contribution in [1.82, 2.24) is 0 Å². The normalized spacial score (nSPS) is 10.4. The summed E-state index contributed by atoms with van der Waals surface area (Å²) in [5.74, 6) is 0. The zero-order valence-electron chi connectivity index (χ0n) is 8.42. The van der Waals surface area contributed by atoms with Crippen molar-refractivity contribution < 1.29 is 4.57 Å². The number of thiophene rings is 1. The molecule has 0 unspecified atom stereocenters. The topological polar surface area (TPSA) is 17.1 Å². The minimum atomic E-state index is -1.98. The van der Waals surface area contributed by atoms with Crippen molar-refractivity contribution in [3.05, 3.63) is 17.0 Å². The predicted octanol–water partition coefficient (Wildman–Crippen LogP) is 3.33. The molecule has 0 fully saturated rings. The molecule has 1 aromatic rings. The van der Waals surface area contributed by atoms with Gasteiger partial charge in [-0.05, 0) is 32.4 Å². The molecule has 0 radical (unpaired) electrons. The fourth-order valence-electron chi connectivity index (χ4n) is 0.711. The fourth-order valence-corrected chi connectivity index (χ4v) is 3.06. The summed E-state index contributed by atoms with van der Waals surface area (Å²) >= 11 is 1.63. The summed E-state index contributed by atoms with van der Waals surface area (Å²) in [5, 5.41) is 0. The summed E-state index contributed by atoms with van der Waals surface area (Å²) < 4.78 is 12.5. The highest BCUT2D eigenvalue weighted by molar-refractivity contribution is 7.75. The molecule has 12 heavy (non-hydrogen) atoms. The van der Waals surface area contributed by atoms with Gasteiger partial charge in [0.15, 0.2) is 0 Å². The monoisotopic (exact) mass is 204 g/mol. The van der Waals surface area contributed by atoms with Gasteiger partial charge < -0.3 is 4.57 Å². The van der Waals surface area contributed by atoms with Crippen LogP contribution < -0.4 is 4.62 Å². The molecule has 0 saturated heterocycles. The van der Waals surface area contributed by atoms with Gasteiger partial charge in [-0.15, -0.1) is 11.3 Å². The van der Waals surface area contributed by atoms with Gasteiger partial charge in [0, 0.05) is 4.88 Å². The summed E-state index contributed by atoms with van der Waals surface area (Å²) in [6, 6.07) is 3.97. The lowest BCUT2D eigenvalue weighted by atomic mass is 10.5. The quantitative estimate of drug-likeness (QED) is 0.641. The van der Waals surface area contributed by atoms with Crippen LogP contribution in [0, 0.1) is 6.92 Å². The maximum Gasteiger partial charge on any atom is 0.119 e. The molecule has 0 amide bonds. The molecule has 0 aromatic carbocycles. The zero-order chi connectivity index (χ0) is 9.78. The Bertz CT molecular complexity index is 272. The largest absolute Gasteiger partial charge is 0.318 e. The van der Waals surface area contributed by atoms with Gasteiger partial charge in [-0.1, -0.05) is 13.8 Å². The third-order valence-electron chi connectivity index (χ3n) is 1.26. The lowest BCUT2D eigenvalue weighted by Crippen LogP contribution is -1.93. The molecule has 1 rings (SSSR count). The van der Waals surface area contributed by atoms with Crippen LogP contribution in [0.25, 0.3) is 0 Å². The van der Waals surface area contributed by atoms with Crippen molar-refractivity contribution in [2.45, 2.75) is 20.8 Å². The molecule has 1 aromatic heterocycles. The first kappa shape index (κ1) is 11.9. The third kappa shape index (κ3) is 3.55. The molecule has 0 aliphatic carbocycles. The van der Waals surface area contributed by atoms with Crippen LogP contribution in [0.5, 0.6) is 0 Å². The smallest absolute Gasteiger partial charge is 0.119 e. The number of hydrogen-bond donors (Lipinski definition) is 0. The third-order valence-corrected chi connectivity index (χ3v) is 4.86. The van der Waals surface area contributed by atoms with Crippen molar-refractivity contribution in [2.24, 2.45) is 0 Å². The highest BCUT2D eigenvalue weighted by atomic mass is 32.1. The van der Waals surface area contributed by atoms with Gasteiger partial charge in [0.1, 0.15) is 7.14 Å². The van der Waals surface area contributed by atoms with E-state index < -0.39 is 7.14 Å². The zero-order valence-corrected chi connectivity index (χ0v) is 10.1. The van der Waals surface area contributed by atoms with Crippen LogP contribution in [0.2, 0.25) is 0 Å². The average molecular weight is 204 g/mol. The fraction of sp³-hybridized carbons (Fsp3) is 0.556. The maximum absolute atomic E-state index is 11.4. The van der Waals surface area contributed by atoms with Gasteiger partial charge in [0.25, 0.3) is 0 Å². The Morgan fingerprint density at radius 3 is 1.92 bits per heavy atom. The standard InChI is InChI=1S/C7H11OPS.C2H6/c1-6-4-5-7(10-6)9(2,3)8;1-2/h4-5H,1-3H3;1-2H3. The first-order valence-electron chi connectivity index (χ1n) is 4.12. The van der Waals surface area contributed by atoms with E-state index >= 15 is 0 Å². The van der Waals surface area contributed by atoms with Crippen molar-refractivity contribution in [2.75, 3.05) is 13.3 Å². The van der Waals surface area contributed by atoms with Gasteiger partial charge in [0.05, 0.1) is 4.62 Å². The van der Waals surface area contributed by atoms with E-state index in [0.29, 0.717) is 0 Å². The van der Waals surface area contributed by atoms with Crippen molar-refractivity contribution in [1.29, 1.82) is 0 Å². The van der Waals surface area contributed by atoms with Gasteiger partial charge in [0.2, 0.25) is 0 Å². The van der Waals surface area contributed by atoms with Gasteiger partial charge in [-0.3, -0.25) is 0 Å². The van der Waals surface area contributed by atoms with E-state index in [0.717, 1.165) is 4.62 Å². The van der Waals surface area contributed by atoms with Crippen LogP contribution in [0.3, 0.4) is 0 Å². The first-order valence-corrected chi connectivity index (χ1v) is 7.54. The van der Waals surface area contributed by atoms with E-state index in [-0.39, 0.29) is 0 Å². The van der Waals surface area contributed by atoms with E-state index in [1.165, 1.54) is 4.88 Å². The second-order valence-electron chi connectivity index (χ2n) is 2.74. The summed E-state index contributed by atoms with van der Waals surface area (Å²) in [7, 11) is -1.98. The van der Waals surface area contributed by atoms with Crippen LogP contribution >= 0.6 is 18.5 Å². The van der Waals surface area contributed by atoms with Gasteiger partial charge in [-0.25, -0.2) is 0 Å². The molecule has 0 N–H and O–H groups in total. The average Bonchev–Trinajstić information content (AvgIpc) is 2.39. The van der Waals surface area contributed by atoms with E-state index in [2.05, 4.69) is 0 Å². The Hall–Kier alpha value is -0.0700. The Morgan fingerprint density at radius 1 is 1.25 bits per heavy atom. The van der Waals surface area contributed by atoms with E-state index in [4.69, 9.17) is 0 Å². The van der Waals surface area contributed by atoms with Crippen LogP contribution in [0.1, 0.15) is 18.7 Å². The number of aryl methyl sites for hydroxylation is 1. The summed E-state index contributed by atoms with van der Waals surface area (Å²) in [4.78, 5) is 1.24. The number of hydrogen-bond acceptors (Lipinski definition) is 2. The van der Waals surface area contributed by atoms with Crippen LogP contribution in [-0.2, 0) is 4.57 Å². The summed E-state index contributed by atoms with van der Waals surface area (Å²) in [6.45, 7) is 9.64. The molecule has 0 bridgehead atoms. The van der Waals surface area contributed by atoms with Crippen molar-refractivity contribution in [3.63, 3.8) is 0 Å². The molecule has 0 aliphatic heterocycles. The van der Waals surface area contributed by atoms with Crippen LogP contribution in [0.4, 0.5) is 0 Å². The van der Waals surface area contributed by atoms with E-state index in [1.54, 1.807) is 24.7 Å². The lowest BCUT2D eigenvalue weighted by Gasteiger charge is -1.99. The van der Waals surface area contributed by atoms with Gasteiger partial charge in [-0.2, -0.15) is 0 Å². The molecular formula is C9H17OPS. The highest BCUT2D eigenvalue weighted by Crippen LogP contribution is 2.37. The molecule has 70 valence electrons. The second-order valence-corrected chi connectivity index (χ2v) is 7.51. The molecule has 1 heterocycles. The Kier molecular flexibility index (Phi) is 4.81. The summed E-state index contributed by atoms with van der Waals surface area (Å²) in [5.41, 5.74) is 0. The molecule has 0 saturated carbocycles. The minimum Gasteiger partial charge on any atom is -0.318 e. The predicted molar refractivity (Wildman–Crippen MR) is 59.5 cm³/mol. The molecule has 0 spiro atoms. The molecule has 3 heteroatoms. The molecule has 1 nitrogen and oxygen atoms in total. The SMILES string of the molecule is CC.Cc1ccc(P(C)(C)=O)s1. The minimum absolute atomic E-state index is 1.03. The Labute approximate surface area is 79.2 Å². The lowest BCUT2D eigenvalue weighted by molar-refractivity contribution is 0.588. The van der Waals surface area contributed by atoms with Crippen LogP contribution in [-0.4, -0.2) is 13.3 Å². The maximum atomic E-state index is 11.4. The molecule has 0 aliphatic rings. The highest BCUT2D eigenvalue weighted by Gasteiger charge is 2.11. The Morgan fingerprint density at radius 2 is 1.75 bits per heavy atom.